The van der Waals surface area contributed by atoms with Gasteiger partial charge in [0.05, 0.1) is 0 Å². The fraction of sp³-hybridized carbons (Fsp3) is 0.250. The molecule has 2 aromatic carbocycles. The summed E-state index contributed by atoms with van der Waals surface area (Å²) in [7, 11) is 0. The third-order valence-electron chi connectivity index (χ3n) is 3.92. The van der Waals surface area contributed by atoms with Crippen LogP contribution in [-0.2, 0) is 27.2 Å². The maximum absolute atomic E-state index is 12.7. The van der Waals surface area contributed by atoms with Gasteiger partial charge in [0.15, 0.2) is 0 Å². The van der Waals surface area contributed by atoms with Crippen LogP contribution in [0.1, 0.15) is 18.1 Å². The highest BCUT2D eigenvalue weighted by atomic mass is 16.2. The van der Waals surface area contributed by atoms with Gasteiger partial charge in [0, 0.05) is 19.8 Å². The Labute approximate surface area is 152 Å². The fourth-order valence-corrected chi connectivity index (χ4v) is 2.65. The molecule has 0 aliphatic rings. The maximum Gasteiger partial charge on any atom is 0.243 e. The van der Waals surface area contributed by atoms with E-state index >= 15 is 0 Å². The predicted octanol–water partition coefficient (Wildman–Crippen LogP) is 0.947. The van der Waals surface area contributed by atoms with Crippen molar-refractivity contribution in [2.75, 3.05) is 0 Å². The number of amides is 3. The smallest absolute Gasteiger partial charge is 0.243 e. The summed E-state index contributed by atoms with van der Waals surface area (Å²) in [6.45, 7) is 1.35. The topological polar surface area (TPSA) is 101 Å². The molecule has 26 heavy (non-hydrogen) atoms. The molecular weight excluding hydrogens is 330 g/mol. The molecule has 0 radical (unpaired) electrons. The van der Waals surface area contributed by atoms with Crippen molar-refractivity contribution < 1.29 is 14.4 Å². The van der Waals surface area contributed by atoms with Crippen LogP contribution >= 0.6 is 0 Å². The fourth-order valence-electron chi connectivity index (χ4n) is 2.65. The molecule has 0 fully saturated rings. The van der Waals surface area contributed by atoms with E-state index in [-0.39, 0.29) is 5.91 Å². The summed E-state index contributed by atoms with van der Waals surface area (Å²) in [5.41, 5.74) is 7.23. The molecule has 4 N–H and O–H groups in total. The van der Waals surface area contributed by atoms with Gasteiger partial charge in [-0.2, -0.15) is 0 Å². The molecule has 6 heteroatoms. The molecular formula is C20H23N3O3. The summed E-state index contributed by atoms with van der Waals surface area (Å²) in [6.07, 6.45) is 0.614. The lowest BCUT2D eigenvalue weighted by molar-refractivity contribution is -0.130. The van der Waals surface area contributed by atoms with Crippen LogP contribution in [0.4, 0.5) is 0 Å². The first-order valence-corrected chi connectivity index (χ1v) is 8.40. The highest BCUT2D eigenvalue weighted by Crippen LogP contribution is 2.06. The molecule has 3 amide bonds. The number of rotatable bonds is 8. The summed E-state index contributed by atoms with van der Waals surface area (Å²) >= 11 is 0. The SMILES string of the molecule is CC(=O)NC(Cc1ccccc1)C(=O)NC(Cc1ccccc1)C(N)=O. The zero-order valence-electron chi connectivity index (χ0n) is 14.6. The van der Waals surface area contributed by atoms with Gasteiger partial charge >= 0.3 is 0 Å². The molecule has 0 aliphatic carbocycles. The Bertz CT molecular complexity index is 747. The van der Waals surface area contributed by atoms with Gasteiger partial charge in [-0.1, -0.05) is 60.7 Å². The van der Waals surface area contributed by atoms with Crippen molar-refractivity contribution in [1.82, 2.24) is 10.6 Å². The molecule has 0 heterocycles. The number of nitrogens with two attached hydrogens (primary N) is 1. The van der Waals surface area contributed by atoms with E-state index in [1.165, 1.54) is 6.92 Å². The van der Waals surface area contributed by atoms with Gasteiger partial charge in [0.25, 0.3) is 0 Å². The van der Waals surface area contributed by atoms with E-state index in [0.29, 0.717) is 12.8 Å². The molecule has 0 bridgehead atoms. The Morgan fingerprint density at radius 2 is 1.27 bits per heavy atom. The number of nitrogens with one attached hydrogen (secondary N) is 2. The van der Waals surface area contributed by atoms with Crippen LogP contribution in [-0.4, -0.2) is 29.8 Å². The molecule has 0 saturated carbocycles. The highest BCUT2D eigenvalue weighted by molar-refractivity contribution is 5.91. The van der Waals surface area contributed by atoms with Crippen molar-refractivity contribution in [2.24, 2.45) is 5.73 Å². The molecule has 0 aromatic heterocycles. The maximum atomic E-state index is 12.7. The van der Waals surface area contributed by atoms with Crippen LogP contribution in [0.25, 0.3) is 0 Å². The second-order valence-electron chi connectivity index (χ2n) is 6.10. The minimum atomic E-state index is -0.850. The normalized spacial score (nSPS) is 12.7. The summed E-state index contributed by atoms with van der Waals surface area (Å²) in [4.78, 5) is 35.9. The number of hydrogen-bond donors (Lipinski definition) is 3. The Balaban J connectivity index is 2.09. The summed E-state index contributed by atoms with van der Waals surface area (Å²) in [5.74, 6) is -1.38. The van der Waals surface area contributed by atoms with Crippen LogP contribution < -0.4 is 16.4 Å². The summed E-state index contributed by atoms with van der Waals surface area (Å²) in [6, 6.07) is 17.0. The van der Waals surface area contributed by atoms with Gasteiger partial charge in [0.1, 0.15) is 12.1 Å². The molecule has 0 spiro atoms. The monoisotopic (exact) mass is 353 g/mol. The average molecular weight is 353 g/mol. The van der Waals surface area contributed by atoms with Crippen molar-refractivity contribution in [1.29, 1.82) is 0 Å². The molecule has 2 atom stereocenters. The van der Waals surface area contributed by atoms with Crippen molar-refractivity contribution in [2.45, 2.75) is 31.8 Å². The van der Waals surface area contributed by atoms with Gasteiger partial charge < -0.3 is 16.4 Å². The van der Waals surface area contributed by atoms with E-state index in [4.69, 9.17) is 5.73 Å². The molecule has 0 aliphatic heterocycles. The first-order chi connectivity index (χ1) is 12.5. The van der Waals surface area contributed by atoms with Crippen LogP contribution in [0.15, 0.2) is 60.7 Å². The van der Waals surface area contributed by atoms with Crippen molar-refractivity contribution in [3.63, 3.8) is 0 Å². The van der Waals surface area contributed by atoms with Crippen LogP contribution in [0.2, 0.25) is 0 Å². The number of benzene rings is 2. The Morgan fingerprint density at radius 1 is 0.808 bits per heavy atom. The molecule has 2 rings (SSSR count). The Hall–Kier alpha value is -3.15. The van der Waals surface area contributed by atoms with Crippen molar-refractivity contribution in [3.05, 3.63) is 71.8 Å². The zero-order chi connectivity index (χ0) is 18.9. The lowest BCUT2D eigenvalue weighted by atomic mass is 10.0. The van der Waals surface area contributed by atoms with Gasteiger partial charge in [-0.15, -0.1) is 0 Å². The van der Waals surface area contributed by atoms with Gasteiger partial charge in [-0.05, 0) is 11.1 Å². The van der Waals surface area contributed by atoms with Gasteiger partial charge in [-0.3, -0.25) is 14.4 Å². The van der Waals surface area contributed by atoms with E-state index in [1.807, 2.05) is 60.7 Å². The van der Waals surface area contributed by atoms with E-state index < -0.39 is 23.9 Å². The van der Waals surface area contributed by atoms with Crippen LogP contribution in [0.5, 0.6) is 0 Å². The van der Waals surface area contributed by atoms with Gasteiger partial charge in [-0.25, -0.2) is 0 Å². The highest BCUT2D eigenvalue weighted by Gasteiger charge is 2.25. The second-order valence-corrected chi connectivity index (χ2v) is 6.10. The second kappa shape index (κ2) is 9.36. The number of hydrogen-bond acceptors (Lipinski definition) is 3. The largest absolute Gasteiger partial charge is 0.368 e. The molecule has 0 saturated heterocycles. The third kappa shape index (κ3) is 6.05. The molecule has 136 valence electrons. The average Bonchev–Trinajstić information content (AvgIpc) is 2.62. The minimum absolute atomic E-state index is 0.292. The van der Waals surface area contributed by atoms with Crippen molar-refractivity contribution in [3.8, 4) is 0 Å². The van der Waals surface area contributed by atoms with Crippen molar-refractivity contribution >= 4 is 17.7 Å². The standard InChI is InChI=1S/C20H23N3O3/c1-14(24)22-18(13-16-10-6-3-7-11-16)20(26)23-17(19(21)25)12-15-8-4-2-5-9-15/h2-11,17-18H,12-13H2,1H3,(H2,21,25)(H,22,24)(H,23,26). The number of primary amides is 1. The van der Waals surface area contributed by atoms with E-state index in [2.05, 4.69) is 10.6 Å². The molecule has 2 aromatic rings. The molecule has 2 unspecified atom stereocenters. The Kier molecular flexibility index (Phi) is 6.91. The quantitative estimate of drug-likeness (QED) is 0.658. The summed E-state index contributed by atoms with van der Waals surface area (Å²) in [5, 5.41) is 5.30. The zero-order valence-corrected chi connectivity index (χ0v) is 14.6. The summed E-state index contributed by atoms with van der Waals surface area (Å²) < 4.78 is 0. The molecule has 6 nitrogen and oxygen atoms in total. The lowest BCUT2D eigenvalue weighted by Gasteiger charge is -2.21. The minimum Gasteiger partial charge on any atom is -0.368 e. The van der Waals surface area contributed by atoms with Crippen LogP contribution in [0.3, 0.4) is 0 Å². The van der Waals surface area contributed by atoms with E-state index in [1.54, 1.807) is 0 Å². The first-order valence-electron chi connectivity index (χ1n) is 8.40. The number of carbonyl (C=O) groups is 3. The van der Waals surface area contributed by atoms with Crippen LogP contribution in [0, 0.1) is 0 Å². The first kappa shape index (κ1) is 19.2. The Morgan fingerprint density at radius 3 is 1.69 bits per heavy atom. The van der Waals surface area contributed by atoms with Gasteiger partial charge in [0.2, 0.25) is 17.7 Å². The number of carbonyl (C=O) groups excluding carboxylic acids is 3. The van der Waals surface area contributed by atoms with E-state index in [0.717, 1.165) is 11.1 Å². The lowest BCUT2D eigenvalue weighted by Crippen LogP contribution is -2.54. The van der Waals surface area contributed by atoms with E-state index in [9.17, 15) is 14.4 Å². The predicted molar refractivity (Wildman–Crippen MR) is 99.0 cm³/mol. The third-order valence-corrected chi connectivity index (χ3v) is 3.92.